The van der Waals surface area contributed by atoms with Gasteiger partial charge in [0.2, 0.25) is 5.88 Å². The lowest BCUT2D eigenvalue weighted by atomic mass is 10.2. The first-order valence-electron chi connectivity index (χ1n) is 6.04. The molecule has 0 amide bonds. The molecule has 100 valence electrons. The third-order valence-electron chi connectivity index (χ3n) is 2.46. The second-order valence-corrected chi connectivity index (χ2v) is 3.96. The van der Waals surface area contributed by atoms with Crippen molar-refractivity contribution in [3.63, 3.8) is 0 Å². The Morgan fingerprint density at radius 3 is 3.00 bits per heavy atom. The molecule has 1 unspecified atom stereocenters. The van der Waals surface area contributed by atoms with Crippen LogP contribution in [0.4, 0.5) is 0 Å². The standard InChI is InChI=1S/C13H20N2O3/c1-4-18-12(16)8-10(2)15-9-11-6-5-7-14-13(11)17-3/h5-7,10,15H,4,8-9H2,1-3H3. The van der Waals surface area contributed by atoms with E-state index in [4.69, 9.17) is 9.47 Å². The molecule has 0 spiro atoms. The van der Waals surface area contributed by atoms with Gasteiger partial charge in [-0.3, -0.25) is 4.79 Å². The summed E-state index contributed by atoms with van der Waals surface area (Å²) in [6, 6.07) is 3.85. The number of ether oxygens (including phenoxy) is 2. The molecule has 0 radical (unpaired) electrons. The van der Waals surface area contributed by atoms with E-state index in [1.165, 1.54) is 0 Å². The zero-order chi connectivity index (χ0) is 13.4. The summed E-state index contributed by atoms with van der Waals surface area (Å²) < 4.78 is 10.0. The Kier molecular flexibility index (Phi) is 6.14. The van der Waals surface area contributed by atoms with Crippen molar-refractivity contribution in [2.75, 3.05) is 13.7 Å². The highest BCUT2D eigenvalue weighted by molar-refractivity contribution is 5.70. The van der Waals surface area contributed by atoms with Crippen LogP contribution >= 0.6 is 0 Å². The van der Waals surface area contributed by atoms with E-state index in [1.807, 2.05) is 19.1 Å². The van der Waals surface area contributed by atoms with Crippen molar-refractivity contribution in [1.82, 2.24) is 10.3 Å². The lowest BCUT2D eigenvalue weighted by Gasteiger charge is -2.14. The average Bonchev–Trinajstić information content (AvgIpc) is 2.37. The lowest BCUT2D eigenvalue weighted by Crippen LogP contribution is -2.29. The van der Waals surface area contributed by atoms with E-state index in [9.17, 15) is 4.79 Å². The van der Waals surface area contributed by atoms with Crippen molar-refractivity contribution in [3.8, 4) is 5.88 Å². The van der Waals surface area contributed by atoms with Gasteiger partial charge in [0.15, 0.2) is 0 Å². The van der Waals surface area contributed by atoms with Gasteiger partial charge in [0, 0.05) is 24.3 Å². The zero-order valence-electron chi connectivity index (χ0n) is 11.1. The molecular formula is C13H20N2O3. The Hall–Kier alpha value is -1.62. The fraction of sp³-hybridized carbons (Fsp3) is 0.538. The Bertz CT molecular complexity index is 382. The number of nitrogens with one attached hydrogen (secondary N) is 1. The van der Waals surface area contributed by atoms with E-state index in [0.29, 0.717) is 25.5 Å². The largest absolute Gasteiger partial charge is 0.481 e. The molecule has 1 aromatic rings. The third kappa shape index (κ3) is 4.71. The fourth-order valence-corrected chi connectivity index (χ4v) is 1.57. The van der Waals surface area contributed by atoms with Crippen LogP contribution in [0.15, 0.2) is 18.3 Å². The van der Waals surface area contributed by atoms with Crippen molar-refractivity contribution in [3.05, 3.63) is 23.9 Å². The first kappa shape index (κ1) is 14.4. The monoisotopic (exact) mass is 252 g/mol. The quantitative estimate of drug-likeness (QED) is 0.746. The molecule has 1 atom stereocenters. The highest BCUT2D eigenvalue weighted by Gasteiger charge is 2.10. The molecule has 0 aliphatic heterocycles. The minimum absolute atomic E-state index is 0.0500. The van der Waals surface area contributed by atoms with E-state index < -0.39 is 0 Å². The molecular weight excluding hydrogens is 232 g/mol. The summed E-state index contributed by atoms with van der Waals surface area (Å²) in [5.74, 6) is 0.420. The molecule has 0 aromatic carbocycles. The van der Waals surface area contributed by atoms with Crippen LogP contribution in [0.25, 0.3) is 0 Å². The smallest absolute Gasteiger partial charge is 0.307 e. The van der Waals surface area contributed by atoms with Gasteiger partial charge in [0.1, 0.15) is 0 Å². The van der Waals surface area contributed by atoms with Gasteiger partial charge < -0.3 is 14.8 Å². The fourth-order valence-electron chi connectivity index (χ4n) is 1.57. The maximum absolute atomic E-state index is 11.3. The van der Waals surface area contributed by atoms with Gasteiger partial charge in [-0.25, -0.2) is 4.98 Å². The topological polar surface area (TPSA) is 60.5 Å². The number of rotatable bonds is 7. The molecule has 0 saturated heterocycles. The normalized spacial score (nSPS) is 11.9. The van der Waals surface area contributed by atoms with Gasteiger partial charge in [-0.2, -0.15) is 0 Å². The lowest BCUT2D eigenvalue weighted by molar-refractivity contribution is -0.143. The number of carbonyl (C=O) groups is 1. The number of aromatic nitrogens is 1. The van der Waals surface area contributed by atoms with Crippen LogP contribution in [-0.2, 0) is 16.1 Å². The van der Waals surface area contributed by atoms with E-state index in [0.717, 1.165) is 5.56 Å². The molecule has 5 heteroatoms. The van der Waals surface area contributed by atoms with Crippen molar-refractivity contribution >= 4 is 5.97 Å². The third-order valence-corrected chi connectivity index (χ3v) is 2.46. The van der Waals surface area contributed by atoms with E-state index in [2.05, 4.69) is 10.3 Å². The van der Waals surface area contributed by atoms with E-state index in [-0.39, 0.29) is 12.0 Å². The summed E-state index contributed by atoms with van der Waals surface area (Å²) in [7, 11) is 1.59. The van der Waals surface area contributed by atoms with Gasteiger partial charge in [0.25, 0.3) is 0 Å². The van der Waals surface area contributed by atoms with Crippen LogP contribution < -0.4 is 10.1 Å². The molecule has 0 saturated carbocycles. The molecule has 1 aromatic heterocycles. The molecule has 0 bridgehead atoms. The van der Waals surface area contributed by atoms with Crippen molar-refractivity contribution in [2.45, 2.75) is 32.9 Å². The van der Waals surface area contributed by atoms with E-state index in [1.54, 1.807) is 20.2 Å². The summed E-state index contributed by atoms with van der Waals surface area (Å²) in [6.45, 7) is 4.77. The summed E-state index contributed by atoms with van der Waals surface area (Å²) in [4.78, 5) is 15.4. The van der Waals surface area contributed by atoms with Gasteiger partial charge in [-0.1, -0.05) is 6.07 Å². The molecule has 1 heterocycles. The molecule has 0 aliphatic rings. The maximum atomic E-state index is 11.3. The summed E-state index contributed by atoms with van der Waals surface area (Å²) >= 11 is 0. The molecule has 1 rings (SSSR count). The van der Waals surface area contributed by atoms with E-state index >= 15 is 0 Å². The van der Waals surface area contributed by atoms with Gasteiger partial charge in [0.05, 0.1) is 20.1 Å². The molecule has 0 aliphatic carbocycles. The number of pyridine rings is 1. The molecule has 0 fully saturated rings. The summed E-state index contributed by atoms with van der Waals surface area (Å²) in [5.41, 5.74) is 0.968. The number of esters is 1. The first-order chi connectivity index (χ1) is 8.67. The highest BCUT2D eigenvalue weighted by Crippen LogP contribution is 2.13. The predicted octanol–water partition coefficient (Wildman–Crippen LogP) is 1.52. The minimum atomic E-state index is -0.185. The summed E-state index contributed by atoms with van der Waals surface area (Å²) in [6.07, 6.45) is 2.04. The maximum Gasteiger partial charge on any atom is 0.307 e. The first-order valence-corrected chi connectivity index (χ1v) is 6.04. The Morgan fingerprint density at radius 1 is 1.56 bits per heavy atom. The number of hydrogen-bond acceptors (Lipinski definition) is 5. The molecule has 1 N–H and O–H groups in total. The molecule has 18 heavy (non-hydrogen) atoms. The van der Waals surface area contributed by atoms with Crippen LogP contribution in [0.2, 0.25) is 0 Å². The Balaban J connectivity index is 2.42. The van der Waals surface area contributed by atoms with Crippen LogP contribution in [0.3, 0.4) is 0 Å². The number of carbonyl (C=O) groups excluding carboxylic acids is 1. The average molecular weight is 252 g/mol. The van der Waals surface area contributed by atoms with Crippen molar-refractivity contribution < 1.29 is 14.3 Å². The molecule has 5 nitrogen and oxygen atoms in total. The second kappa shape index (κ2) is 7.66. The van der Waals surface area contributed by atoms with Crippen LogP contribution in [0.1, 0.15) is 25.8 Å². The Labute approximate surface area is 108 Å². The summed E-state index contributed by atoms with van der Waals surface area (Å²) in [5, 5.41) is 3.24. The van der Waals surface area contributed by atoms with Gasteiger partial charge >= 0.3 is 5.97 Å². The number of hydrogen-bond donors (Lipinski definition) is 1. The minimum Gasteiger partial charge on any atom is -0.481 e. The van der Waals surface area contributed by atoms with Gasteiger partial charge in [-0.15, -0.1) is 0 Å². The van der Waals surface area contributed by atoms with Crippen LogP contribution in [-0.4, -0.2) is 30.7 Å². The SMILES string of the molecule is CCOC(=O)CC(C)NCc1cccnc1OC. The zero-order valence-corrected chi connectivity index (χ0v) is 11.1. The Morgan fingerprint density at radius 2 is 2.33 bits per heavy atom. The number of nitrogens with zero attached hydrogens (tertiary/aromatic N) is 1. The van der Waals surface area contributed by atoms with Crippen molar-refractivity contribution in [2.24, 2.45) is 0 Å². The van der Waals surface area contributed by atoms with Crippen molar-refractivity contribution in [1.29, 1.82) is 0 Å². The van der Waals surface area contributed by atoms with Crippen LogP contribution in [0, 0.1) is 0 Å². The predicted molar refractivity (Wildman–Crippen MR) is 68.3 cm³/mol. The second-order valence-electron chi connectivity index (χ2n) is 3.96. The van der Waals surface area contributed by atoms with Gasteiger partial charge in [-0.05, 0) is 19.9 Å². The highest BCUT2D eigenvalue weighted by atomic mass is 16.5. The van der Waals surface area contributed by atoms with Crippen LogP contribution in [0.5, 0.6) is 5.88 Å². The number of methoxy groups -OCH3 is 1.